The van der Waals surface area contributed by atoms with E-state index in [1.807, 2.05) is 78.7 Å². The molecule has 4 aromatic carbocycles. The molecule has 1 unspecified atom stereocenters. The van der Waals surface area contributed by atoms with Crippen LogP contribution in [0.4, 0.5) is 20.6 Å². The van der Waals surface area contributed by atoms with Gasteiger partial charge in [-0.3, -0.25) is 9.59 Å². The van der Waals surface area contributed by atoms with Crippen molar-refractivity contribution in [3.05, 3.63) is 101 Å². The van der Waals surface area contributed by atoms with Gasteiger partial charge in [-0.15, -0.1) is 0 Å². The van der Waals surface area contributed by atoms with Crippen molar-refractivity contribution in [2.45, 2.75) is 45.3 Å². The molecule has 5 aromatic rings. The van der Waals surface area contributed by atoms with Crippen molar-refractivity contribution in [1.82, 2.24) is 15.2 Å². The van der Waals surface area contributed by atoms with Crippen LogP contribution in [0, 0.1) is 5.82 Å². The molecule has 50 heavy (non-hydrogen) atoms. The highest BCUT2D eigenvalue weighted by atomic mass is 19.1. The first-order valence-corrected chi connectivity index (χ1v) is 16.9. The lowest BCUT2D eigenvalue weighted by atomic mass is 10.0. The Labute approximate surface area is 289 Å². The molecule has 1 fully saturated rings. The van der Waals surface area contributed by atoms with Crippen LogP contribution in [0.2, 0.25) is 0 Å². The molecule has 258 valence electrons. The lowest BCUT2D eigenvalue weighted by Crippen LogP contribution is -2.40. The van der Waals surface area contributed by atoms with Crippen LogP contribution in [0.5, 0.6) is 11.5 Å². The normalized spacial score (nSPS) is 15.1. The Kier molecular flexibility index (Phi) is 8.59. The Hall–Kier alpha value is -5.58. The number of hydrogen-bond acceptors (Lipinski definition) is 7. The van der Waals surface area contributed by atoms with Crippen LogP contribution in [-0.4, -0.2) is 61.4 Å². The van der Waals surface area contributed by atoms with Gasteiger partial charge in [0.25, 0.3) is 5.91 Å². The van der Waals surface area contributed by atoms with Gasteiger partial charge in [-0.2, -0.15) is 0 Å². The number of rotatable bonds is 8. The number of fused-ring (bicyclic) bond motifs is 3. The fourth-order valence-corrected chi connectivity index (χ4v) is 6.73. The van der Waals surface area contributed by atoms with Gasteiger partial charge in [0.1, 0.15) is 22.4 Å². The van der Waals surface area contributed by atoms with Gasteiger partial charge in [0.15, 0.2) is 17.3 Å². The Morgan fingerprint density at radius 2 is 1.76 bits per heavy atom. The molecule has 0 radical (unpaired) electrons. The minimum absolute atomic E-state index is 0.0409. The number of halogens is 1. The Morgan fingerprint density at radius 3 is 2.50 bits per heavy atom. The monoisotopic (exact) mass is 677 g/mol. The topological polar surface area (TPSA) is 105 Å². The number of carbonyl (C=O) groups excluding carboxylic acids is 2. The van der Waals surface area contributed by atoms with Gasteiger partial charge in [0.05, 0.1) is 17.1 Å². The van der Waals surface area contributed by atoms with Gasteiger partial charge < -0.3 is 34.5 Å². The molecular weight excluding hydrogens is 637 g/mol. The van der Waals surface area contributed by atoms with Crippen LogP contribution in [0.3, 0.4) is 0 Å². The highest BCUT2D eigenvalue weighted by molar-refractivity contribution is 6.02. The third-order valence-corrected chi connectivity index (χ3v) is 9.09. The second-order valence-electron chi connectivity index (χ2n) is 13.9. The lowest BCUT2D eigenvalue weighted by Gasteiger charge is -2.29. The summed E-state index contributed by atoms with van der Waals surface area (Å²) in [6, 6.07) is 22.5. The Morgan fingerprint density at radius 1 is 1.04 bits per heavy atom. The quantitative estimate of drug-likeness (QED) is 0.172. The highest BCUT2D eigenvalue weighted by Gasteiger charge is 2.34. The molecule has 1 atom stereocenters. The number of ether oxygens (including phenoxy) is 2. The fourth-order valence-electron chi connectivity index (χ4n) is 6.73. The number of pyridine rings is 1. The van der Waals surface area contributed by atoms with Crippen molar-refractivity contribution < 1.29 is 23.5 Å². The van der Waals surface area contributed by atoms with Gasteiger partial charge in [0.2, 0.25) is 5.43 Å². The van der Waals surface area contributed by atoms with Crippen LogP contribution in [-0.2, 0) is 4.74 Å². The van der Waals surface area contributed by atoms with Crippen LogP contribution >= 0.6 is 0 Å². The second kappa shape index (κ2) is 13.0. The number of alkyl carbamates (subject to hydrolysis) is 1. The van der Waals surface area contributed by atoms with E-state index in [4.69, 9.17) is 9.47 Å². The maximum Gasteiger partial charge on any atom is 0.407 e. The number of carbonyl (C=O) groups is 2. The van der Waals surface area contributed by atoms with E-state index < -0.39 is 28.8 Å². The number of amides is 2. The summed E-state index contributed by atoms with van der Waals surface area (Å²) in [5, 5.41) is 7.69. The maximum atomic E-state index is 16.3. The minimum atomic E-state index is -0.653. The average Bonchev–Trinajstić information content (AvgIpc) is 3.53. The van der Waals surface area contributed by atoms with E-state index in [1.54, 1.807) is 25.3 Å². The van der Waals surface area contributed by atoms with Gasteiger partial charge >= 0.3 is 6.09 Å². The highest BCUT2D eigenvalue weighted by Crippen LogP contribution is 2.48. The number of anilines is 2. The first kappa shape index (κ1) is 32.9. The summed E-state index contributed by atoms with van der Waals surface area (Å²) in [7, 11) is 1.99. The van der Waals surface area contributed by atoms with E-state index in [1.165, 1.54) is 12.3 Å². The zero-order chi connectivity index (χ0) is 35.2. The zero-order valence-electron chi connectivity index (χ0n) is 28.6. The fraction of sp³-hybridized carbons (Fsp3) is 0.308. The summed E-state index contributed by atoms with van der Waals surface area (Å²) in [5.74, 6) is -0.530. The molecule has 2 aliphatic rings. The van der Waals surface area contributed by atoms with E-state index >= 15 is 4.39 Å². The standard InChI is InChI=1S/C39H40FN5O5/c1-39(2,3)50-38(48)42-26-15-18-44(22-26)34-30(40)21-28-33-36(34)49-32-20-25-12-9-8-11-24(25)19-31(32)45(33)23-29(35(28)46)37(47)41-16-10-17-43(4)27-13-6-5-7-14-27/h5-9,11-14,19-21,23,26H,10,15-18,22H2,1-4H3,(H,41,47)(H,42,48). The van der Waals surface area contributed by atoms with Crippen molar-refractivity contribution in [2.24, 2.45) is 0 Å². The zero-order valence-corrected chi connectivity index (χ0v) is 28.6. The largest absolute Gasteiger partial charge is 0.451 e. The van der Waals surface area contributed by atoms with Crippen LogP contribution in [0.25, 0.3) is 27.4 Å². The third kappa shape index (κ3) is 6.43. The molecule has 3 heterocycles. The summed E-state index contributed by atoms with van der Waals surface area (Å²) in [6.07, 6.45) is 2.21. The Balaban J connectivity index is 1.23. The molecular formula is C39H40FN5O5. The molecule has 1 saturated heterocycles. The third-order valence-electron chi connectivity index (χ3n) is 9.09. The smallest absolute Gasteiger partial charge is 0.407 e. The number of benzene rings is 4. The first-order valence-electron chi connectivity index (χ1n) is 16.9. The van der Waals surface area contributed by atoms with E-state index in [2.05, 4.69) is 15.5 Å². The molecule has 0 bridgehead atoms. The van der Waals surface area contributed by atoms with Crippen molar-refractivity contribution in [1.29, 1.82) is 0 Å². The predicted molar refractivity (Wildman–Crippen MR) is 194 cm³/mol. The van der Waals surface area contributed by atoms with E-state index in [-0.39, 0.29) is 28.4 Å². The average molecular weight is 678 g/mol. The van der Waals surface area contributed by atoms with Crippen molar-refractivity contribution in [3.63, 3.8) is 0 Å². The SMILES string of the molecule is CN(CCCNC(=O)c1cn2c3c(c(N4CCC(NC(=O)OC(C)(C)C)C4)c(F)cc3c1=O)Oc1cc3ccccc3cc1-2)c1ccccc1. The minimum Gasteiger partial charge on any atom is -0.451 e. The molecule has 0 saturated carbocycles. The summed E-state index contributed by atoms with van der Waals surface area (Å²) >= 11 is 0. The summed E-state index contributed by atoms with van der Waals surface area (Å²) in [6.45, 7) is 7.18. The lowest BCUT2D eigenvalue weighted by molar-refractivity contribution is 0.0508. The van der Waals surface area contributed by atoms with E-state index in [9.17, 15) is 14.4 Å². The molecule has 11 heteroatoms. The molecule has 0 aliphatic carbocycles. The van der Waals surface area contributed by atoms with E-state index in [0.717, 1.165) is 16.5 Å². The van der Waals surface area contributed by atoms with Crippen molar-refractivity contribution >= 4 is 45.1 Å². The van der Waals surface area contributed by atoms with Crippen LogP contribution in [0.15, 0.2) is 83.8 Å². The molecule has 2 aliphatic heterocycles. The van der Waals surface area contributed by atoms with Crippen molar-refractivity contribution in [3.8, 4) is 17.2 Å². The summed E-state index contributed by atoms with van der Waals surface area (Å²) < 4.78 is 30.0. The molecule has 0 spiro atoms. The number of hydrogen-bond donors (Lipinski definition) is 2. The van der Waals surface area contributed by atoms with Gasteiger partial charge in [-0.1, -0.05) is 42.5 Å². The molecule has 2 N–H and O–H groups in total. The number of nitrogens with one attached hydrogen (secondary N) is 2. The second-order valence-corrected chi connectivity index (χ2v) is 13.9. The van der Waals surface area contributed by atoms with Crippen LogP contribution in [0.1, 0.15) is 44.0 Å². The summed E-state index contributed by atoms with van der Waals surface area (Å²) in [5.41, 5.74) is 0.942. The molecule has 7 rings (SSSR count). The first-order chi connectivity index (χ1) is 24.0. The van der Waals surface area contributed by atoms with Crippen LogP contribution < -0.4 is 30.6 Å². The number of nitrogens with zero attached hydrogens (tertiary/aromatic N) is 3. The van der Waals surface area contributed by atoms with Crippen molar-refractivity contribution in [2.75, 3.05) is 43.0 Å². The van der Waals surface area contributed by atoms with Gasteiger partial charge in [-0.25, -0.2) is 9.18 Å². The van der Waals surface area contributed by atoms with E-state index in [0.29, 0.717) is 56.0 Å². The van der Waals surface area contributed by atoms with Gasteiger partial charge in [0, 0.05) is 45.1 Å². The predicted octanol–water partition coefficient (Wildman–Crippen LogP) is 6.75. The number of para-hydroxylation sites is 1. The maximum absolute atomic E-state index is 16.3. The van der Waals surface area contributed by atoms with Gasteiger partial charge in [-0.05, 0) is 74.7 Å². The Bertz CT molecular complexity index is 2180. The molecule has 2 amide bonds. The summed E-state index contributed by atoms with van der Waals surface area (Å²) in [4.78, 5) is 43.9. The molecule has 1 aromatic heterocycles. The number of aromatic nitrogens is 1. The molecule has 10 nitrogen and oxygen atoms in total.